The van der Waals surface area contributed by atoms with Crippen molar-refractivity contribution in [1.29, 1.82) is 0 Å². The molecule has 0 aliphatic heterocycles. The van der Waals surface area contributed by atoms with E-state index >= 15 is 0 Å². The number of nitrogens with zero attached hydrogens (tertiary/aromatic N) is 4. The average molecular weight is 409 g/mol. The zero-order valence-electron chi connectivity index (χ0n) is 15.2. The van der Waals surface area contributed by atoms with E-state index in [1.54, 1.807) is 36.7 Å². The van der Waals surface area contributed by atoms with Crippen molar-refractivity contribution in [3.05, 3.63) is 78.2 Å². The van der Waals surface area contributed by atoms with E-state index < -0.39 is 18.0 Å². The highest BCUT2D eigenvalue weighted by Gasteiger charge is 2.22. The molecule has 1 aromatic carbocycles. The van der Waals surface area contributed by atoms with E-state index in [0.29, 0.717) is 23.1 Å². The van der Waals surface area contributed by atoms with Crippen molar-refractivity contribution in [2.24, 2.45) is 0 Å². The first-order valence-corrected chi connectivity index (χ1v) is 8.66. The van der Waals surface area contributed by atoms with E-state index in [1.807, 2.05) is 0 Å². The molecular weight excluding hydrogens is 396 g/mol. The Hall–Kier alpha value is -4.21. The minimum atomic E-state index is -2.92. The number of alkyl halides is 2. The number of hydrogen-bond donors (Lipinski definition) is 1. The number of halogens is 2. The minimum Gasteiger partial charge on any atom is -0.444 e. The number of carbonyl (C=O) groups is 2. The maximum Gasteiger partial charge on any atom is 0.284 e. The van der Waals surface area contributed by atoms with Crippen LogP contribution in [0.4, 0.5) is 14.5 Å². The molecular formula is C20H13F2N5O3. The largest absolute Gasteiger partial charge is 0.444 e. The molecule has 1 amide bonds. The summed E-state index contributed by atoms with van der Waals surface area (Å²) in [4.78, 5) is 31.2. The third-order valence-corrected chi connectivity index (χ3v) is 4.16. The molecule has 0 aliphatic rings. The molecule has 1 N–H and O–H groups in total. The van der Waals surface area contributed by atoms with E-state index in [1.165, 1.54) is 23.0 Å². The lowest BCUT2D eigenvalue weighted by Gasteiger charge is -2.02. The van der Waals surface area contributed by atoms with Gasteiger partial charge in [-0.25, -0.2) is 18.4 Å². The molecule has 30 heavy (non-hydrogen) atoms. The van der Waals surface area contributed by atoms with E-state index in [-0.39, 0.29) is 17.3 Å². The zero-order valence-corrected chi connectivity index (χ0v) is 15.2. The Morgan fingerprint density at radius 1 is 1.13 bits per heavy atom. The molecule has 0 unspecified atom stereocenters. The lowest BCUT2D eigenvalue weighted by molar-refractivity contribution is 0.102. The van der Waals surface area contributed by atoms with Crippen molar-refractivity contribution >= 4 is 17.9 Å². The maximum atomic E-state index is 13.4. The number of aldehydes is 1. The molecule has 0 saturated heterocycles. The summed E-state index contributed by atoms with van der Waals surface area (Å²) in [6.07, 6.45) is 3.24. The normalized spacial score (nSPS) is 10.9. The number of rotatable bonds is 6. The monoisotopic (exact) mass is 409 g/mol. The Bertz CT molecular complexity index is 1190. The Balaban J connectivity index is 1.59. The molecule has 0 aliphatic carbocycles. The van der Waals surface area contributed by atoms with Crippen molar-refractivity contribution in [2.45, 2.75) is 6.43 Å². The molecule has 0 bridgehead atoms. The molecule has 10 heteroatoms. The van der Waals surface area contributed by atoms with Gasteiger partial charge in [0.1, 0.15) is 12.5 Å². The molecule has 0 fully saturated rings. The van der Waals surface area contributed by atoms with Gasteiger partial charge in [-0.3, -0.25) is 14.6 Å². The van der Waals surface area contributed by atoms with Gasteiger partial charge in [-0.1, -0.05) is 0 Å². The molecule has 8 nitrogen and oxygen atoms in total. The fraction of sp³-hybridized carbons (Fsp3) is 0.0500. The van der Waals surface area contributed by atoms with Crippen molar-refractivity contribution in [2.75, 3.05) is 5.32 Å². The second-order valence-corrected chi connectivity index (χ2v) is 6.11. The lowest BCUT2D eigenvalue weighted by Crippen LogP contribution is -2.13. The summed E-state index contributed by atoms with van der Waals surface area (Å²) in [5, 5.41) is 6.24. The summed E-state index contributed by atoms with van der Waals surface area (Å²) in [6, 6.07) is 9.47. The number of benzene rings is 1. The van der Waals surface area contributed by atoms with Gasteiger partial charge < -0.3 is 9.73 Å². The number of amides is 1. The van der Waals surface area contributed by atoms with Gasteiger partial charge in [0, 0.05) is 23.5 Å². The van der Waals surface area contributed by atoms with Crippen LogP contribution in [0.3, 0.4) is 0 Å². The van der Waals surface area contributed by atoms with Gasteiger partial charge in [-0.05, 0) is 36.4 Å². The van der Waals surface area contributed by atoms with E-state index in [0.717, 1.165) is 6.26 Å². The van der Waals surface area contributed by atoms with Crippen molar-refractivity contribution in [3.8, 4) is 17.1 Å². The molecule has 0 saturated carbocycles. The molecule has 0 radical (unpaired) electrons. The van der Waals surface area contributed by atoms with E-state index in [2.05, 4.69) is 20.4 Å². The van der Waals surface area contributed by atoms with Gasteiger partial charge in [0.05, 0.1) is 17.6 Å². The number of aromatic nitrogens is 4. The second-order valence-electron chi connectivity index (χ2n) is 6.11. The number of nitrogens with one attached hydrogen (secondary N) is 1. The topological polar surface area (TPSA) is 103 Å². The summed E-state index contributed by atoms with van der Waals surface area (Å²) in [7, 11) is 0. The van der Waals surface area contributed by atoms with Gasteiger partial charge in [0.2, 0.25) is 5.89 Å². The van der Waals surface area contributed by atoms with Crippen molar-refractivity contribution in [1.82, 2.24) is 19.7 Å². The number of anilines is 1. The third kappa shape index (κ3) is 3.83. The molecule has 4 rings (SSSR count). The van der Waals surface area contributed by atoms with Crippen LogP contribution in [0.1, 0.15) is 33.0 Å². The predicted octanol–water partition coefficient (Wildman–Crippen LogP) is 3.92. The lowest BCUT2D eigenvalue weighted by atomic mass is 10.2. The average Bonchev–Trinajstić information content (AvgIpc) is 3.42. The standard InChI is InChI=1S/C20H13F2N5O3/c21-18(22)17-15(9-27(26-17)14-3-1-12(10-28)2-4-14)24-19(29)16-11-30-20(25-16)13-5-7-23-8-6-13/h1-11,18H,(H,24,29). The molecule has 150 valence electrons. The van der Waals surface area contributed by atoms with Gasteiger partial charge in [-0.15, -0.1) is 0 Å². The van der Waals surface area contributed by atoms with Crippen LogP contribution < -0.4 is 5.32 Å². The summed E-state index contributed by atoms with van der Waals surface area (Å²) in [6.45, 7) is 0. The predicted molar refractivity (Wildman–Crippen MR) is 102 cm³/mol. The highest BCUT2D eigenvalue weighted by Crippen LogP contribution is 2.27. The molecule has 4 aromatic rings. The van der Waals surface area contributed by atoms with Gasteiger partial charge >= 0.3 is 0 Å². The van der Waals surface area contributed by atoms with E-state index in [4.69, 9.17) is 4.42 Å². The highest BCUT2D eigenvalue weighted by molar-refractivity contribution is 6.03. The number of carbonyl (C=O) groups excluding carboxylic acids is 2. The Kier molecular flexibility index (Phi) is 5.12. The summed E-state index contributed by atoms with van der Waals surface area (Å²) in [5.41, 5.74) is 0.659. The first-order chi connectivity index (χ1) is 14.5. The second kappa shape index (κ2) is 8.03. The zero-order chi connectivity index (χ0) is 21.1. The number of hydrogen-bond acceptors (Lipinski definition) is 6. The van der Waals surface area contributed by atoms with Crippen molar-refractivity contribution < 1.29 is 22.8 Å². The summed E-state index contributed by atoms with van der Waals surface area (Å²) < 4.78 is 33.4. The Labute approximate surface area is 168 Å². The number of oxazole rings is 1. The first-order valence-electron chi connectivity index (χ1n) is 8.66. The van der Waals surface area contributed by atoms with Gasteiger partial charge in [0.15, 0.2) is 11.4 Å². The molecule has 0 spiro atoms. The Morgan fingerprint density at radius 3 is 2.53 bits per heavy atom. The number of pyridine rings is 1. The fourth-order valence-corrected chi connectivity index (χ4v) is 2.67. The fourth-order valence-electron chi connectivity index (χ4n) is 2.67. The first kappa shape index (κ1) is 19.1. The maximum absolute atomic E-state index is 13.4. The molecule has 3 aromatic heterocycles. The van der Waals surface area contributed by atoms with Crippen LogP contribution in [-0.2, 0) is 0 Å². The summed E-state index contributed by atoms with van der Waals surface area (Å²) in [5.74, 6) is -0.528. The summed E-state index contributed by atoms with van der Waals surface area (Å²) >= 11 is 0. The van der Waals surface area contributed by atoms with Crippen LogP contribution in [0.25, 0.3) is 17.1 Å². The van der Waals surface area contributed by atoms with Crippen molar-refractivity contribution in [3.63, 3.8) is 0 Å². The molecule has 0 atom stereocenters. The SMILES string of the molecule is O=Cc1ccc(-n2cc(NC(=O)c3coc(-c4ccncc4)n3)c(C(F)F)n2)cc1. The van der Waals surface area contributed by atoms with Gasteiger partial charge in [-0.2, -0.15) is 5.10 Å². The van der Waals surface area contributed by atoms with Crippen LogP contribution in [-0.4, -0.2) is 31.9 Å². The van der Waals surface area contributed by atoms with Crippen LogP contribution >= 0.6 is 0 Å². The smallest absolute Gasteiger partial charge is 0.284 e. The highest BCUT2D eigenvalue weighted by atomic mass is 19.3. The van der Waals surface area contributed by atoms with Crippen LogP contribution in [0.2, 0.25) is 0 Å². The van der Waals surface area contributed by atoms with Crippen LogP contribution in [0.5, 0.6) is 0 Å². The van der Waals surface area contributed by atoms with Crippen LogP contribution in [0.15, 0.2) is 65.7 Å². The van der Waals surface area contributed by atoms with Crippen LogP contribution in [0, 0.1) is 0 Å². The van der Waals surface area contributed by atoms with Gasteiger partial charge in [0.25, 0.3) is 12.3 Å². The quantitative estimate of drug-likeness (QED) is 0.484. The van der Waals surface area contributed by atoms with E-state index in [9.17, 15) is 18.4 Å². The third-order valence-electron chi connectivity index (χ3n) is 4.16. The Morgan fingerprint density at radius 2 is 1.87 bits per heavy atom. The minimum absolute atomic E-state index is 0.0786. The molecule has 3 heterocycles.